The minimum absolute atomic E-state index is 0.0368. The SMILES string of the molecule is CC[C@@H](Oc1cccc(C)c1)C(=O)N(C)c1ccccc1. The molecule has 0 aliphatic rings. The number of hydrogen-bond donors (Lipinski definition) is 0. The lowest BCUT2D eigenvalue weighted by molar-refractivity contribution is -0.125. The summed E-state index contributed by atoms with van der Waals surface area (Å²) in [6.07, 6.45) is 0.154. The van der Waals surface area contributed by atoms with Crippen molar-refractivity contribution >= 4 is 11.6 Å². The van der Waals surface area contributed by atoms with E-state index in [4.69, 9.17) is 4.74 Å². The van der Waals surface area contributed by atoms with Crippen molar-refractivity contribution in [2.45, 2.75) is 26.4 Å². The summed E-state index contributed by atoms with van der Waals surface area (Å²) in [4.78, 5) is 14.2. The van der Waals surface area contributed by atoms with E-state index in [1.54, 1.807) is 11.9 Å². The van der Waals surface area contributed by atoms with E-state index in [0.717, 1.165) is 17.0 Å². The Morgan fingerprint density at radius 2 is 1.86 bits per heavy atom. The van der Waals surface area contributed by atoms with Crippen LogP contribution in [-0.4, -0.2) is 19.1 Å². The Hall–Kier alpha value is -2.29. The van der Waals surface area contributed by atoms with E-state index in [1.165, 1.54) is 0 Å². The summed E-state index contributed by atoms with van der Waals surface area (Å²) in [6.45, 7) is 3.96. The molecule has 0 radical (unpaired) electrons. The molecule has 0 spiro atoms. The number of aryl methyl sites for hydroxylation is 1. The third kappa shape index (κ3) is 3.85. The number of carbonyl (C=O) groups excluding carboxylic acids is 1. The highest BCUT2D eigenvalue weighted by atomic mass is 16.5. The molecule has 0 aliphatic carbocycles. The van der Waals surface area contributed by atoms with Crippen LogP contribution in [0.2, 0.25) is 0 Å². The first-order chi connectivity index (χ1) is 10.1. The van der Waals surface area contributed by atoms with Gasteiger partial charge in [-0.15, -0.1) is 0 Å². The number of anilines is 1. The van der Waals surface area contributed by atoms with E-state index in [0.29, 0.717) is 6.42 Å². The van der Waals surface area contributed by atoms with Gasteiger partial charge in [-0.2, -0.15) is 0 Å². The van der Waals surface area contributed by atoms with Crippen LogP contribution in [-0.2, 0) is 4.79 Å². The first-order valence-electron chi connectivity index (χ1n) is 7.17. The number of hydrogen-bond acceptors (Lipinski definition) is 2. The molecule has 0 heterocycles. The predicted octanol–water partition coefficient (Wildman–Crippen LogP) is 3.82. The summed E-state index contributed by atoms with van der Waals surface area (Å²) in [6, 6.07) is 17.4. The lowest BCUT2D eigenvalue weighted by atomic mass is 10.2. The Morgan fingerprint density at radius 3 is 2.48 bits per heavy atom. The highest BCUT2D eigenvalue weighted by Gasteiger charge is 2.23. The molecule has 2 aromatic carbocycles. The van der Waals surface area contributed by atoms with E-state index in [1.807, 2.05) is 68.4 Å². The highest BCUT2D eigenvalue weighted by Crippen LogP contribution is 2.18. The zero-order valence-electron chi connectivity index (χ0n) is 12.7. The van der Waals surface area contributed by atoms with E-state index in [2.05, 4.69) is 0 Å². The monoisotopic (exact) mass is 283 g/mol. The van der Waals surface area contributed by atoms with Crippen LogP contribution in [0.5, 0.6) is 5.75 Å². The Bertz CT molecular complexity index is 595. The highest BCUT2D eigenvalue weighted by molar-refractivity contribution is 5.96. The molecule has 0 bridgehead atoms. The molecule has 1 atom stereocenters. The minimum atomic E-state index is -0.475. The van der Waals surface area contributed by atoms with Gasteiger partial charge in [0.25, 0.3) is 5.91 Å². The van der Waals surface area contributed by atoms with Gasteiger partial charge < -0.3 is 9.64 Å². The van der Waals surface area contributed by atoms with Crippen LogP contribution in [0, 0.1) is 6.92 Å². The number of ether oxygens (including phenoxy) is 1. The maximum absolute atomic E-state index is 12.6. The van der Waals surface area contributed by atoms with Gasteiger partial charge >= 0.3 is 0 Å². The van der Waals surface area contributed by atoms with Crippen molar-refractivity contribution < 1.29 is 9.53 Å². The molecule has 0 aliphatic heterocycles. The Kier molecular flexibility index (Phi) is 4.99. The zero-order chi connectivity index (χ0) is 15.2. The summed E-state index contributed by atoms with van der Waals surface area (Å²) < 4.78 is 5.86. The molecule has 110 valence electrons. The summed E-state index contributed by atoms with van der Waals surface area (Å²) in [7, 11) is 1.78. The van der Waals surface area contributed by atoms with Crippen molar-refractivity contribution in [3.63, 3.8) is 0 Å². The molecule has 3 heteroatoms. The van der Waals surface area contributed by atoms with Crippen LogP contribution in [0.1, 0.15) is 18.9 Å². The van der Waals surface area contributed by atoms with E-state index >= 15 is 0 Å². The van der Waals surface area contributed by atoms with Gasteiger partial charge in [0, 0.05) is 12.7 Å². The second kappa shape index (κ2) is 6.93. The smallest absolute Gasteiger partial charge is 0.267 e. The number of likely N-dealkylation sites (N-methyl/N-ethyl adjacent to an activating group) is 1. The van der Waals surface area contributed by atoms with Crippen LogP contribution in [0.4, 0.5) is 5.69 Å². The van der Waals surface area contributed by atoms with Gasteiger partial charge in [-0.25, -0.2) is 0 Å². The normalized spacial score (nSPS) is 11.8. The molecule has 1 amide bonds. The maximum Gasteiger partial charge on any atom is 0.267 e. The van der Waals surface area contributed by atoms with Crippen LogP contribution in [0.15, 0.2) is 54.6 Å². The molecular weight excluding hydrogens is 262 g/mol. The molecule has 3 nitrogen and oxygen atoms in total. The molecule has 0 unspecified atom stereocenters. The number of rotatable bonds is 5. The number of nitrogens with zero attached hydrogens (tertiary/aromatic N) is 1. The van der Waals surface area contributed by atoms with Crippen molar-refractivity contribution in [1.82, 2.24) is 0 Å². The van der Waals surface area contributed by atoms with Gasteiger partial charge in [0.15, 0.2) is 6.10 Å². The molecule has 2 rings (SSSR count). The molecule has 0 saturated heterocycles. The van der Waals surface area contributed by atoms with Crippen LogP contribution >= 0.6 is 0 Å². The van der Waals surface area contributed by atoms with Crippen molar-refractivity contribution in [1.29, 1.82) is 0 Å². The van der Waals surface area contributed by atoms with Gasteiger partial charge in [0.1, 0.15) is 5.75 Å². The number of benzene rings is 2. The number of amides is 1. The number of para-hydroxylation sites is 1. The van der Waals surface area contributed by atoms with Crippen molar-refractivity contribution in [3.8, 4) is 5.75 Å². The minimum Gasteiger partial charge on any atom is -0.481 e. The summed E-state index contributed by atoms with van der Waals surface area (Å²) in [5.74, 6) is 0.696. The Balaban J connectivity index is 2.12. The average Bonchev–Trinajstić information content (AvgIpc) is 2.52. The zero-order valence-corrected chi connectivity index (χ0v) is 12.7. The molecule has 21 heavy (non-hydrogen) atoms. The first-order valence-corrected chi connectivity index (χ1v) is 7.17. The topological polar surface area (TPSA) is 29.5 Å². The van der Waals surface area contributed by atoms with Crippen LogP contribution < -0.4 is 9.64 Å². The molecular formula is C18H21NO2. The molecule has 0 N–H and O–H groups in total. The molecule has 0 fully saturated rings. The second-order valence-electron chi connectivity index (χ2n) is 5.06. The van der Waals surface area contributed by atoms with Gasteiger partial charge in [-0.3, -0.25) is 4.79 Å². The Labute approximate surface area is 126 Å². The Morgan fingerprint density at radius 1 is 1.14 bits per heavy atom. The molecule has 0 aromatic heterocycles. The van der Waals surface area contributed by atoms with E-state index in [-0.39, 0.29) is 5.91 Å². The van der Waals surface area contributed by atoms with Gasteiger partial charge in [-0.1, -0.05) is 37.3 Å². The van der Waals surface area contributed by atoms with Crippen molar-refractivity contribution in [2.24, 2.45) is 0 Å². The first kappa shape index (κ1) is 15.1. The average molecular weight is 283 g/mol. The molecule has 0 saturated carbocycles. The maximum atomic E-state index is 12.6. The van der Waals surface area contributed by atoms with Gasteiger partial charge in [-0.05, 0) is 43.2 Å². The fourth-order valence-corrected chi connectivity index (χ4v) is 2.16. The third-order valence-electron chi connectivity index (χ3n) is 3.39. The predicted molar refractivity (Wildman–Crippen MR) is 85.7 cm³/mol. The molecule has 2 aromatic rings. The van der Waals surface area contributed by atoms with Crippen LogP contribution in [0.25, 0.3) is 0 Å². The summed E-state index contributed by atoms with van der Waals surface area (Å²) in [5.41, 5.74) is 1.99. The van der Waals surface area contributed by atoms with Crippen LogP contribution in [0.3, 0.4) is 0 Å². The fourth-order valence-electron chi connectivity index (χ4n) is 2.16. The lowest BCUT2D eigenvalue weighted by Gasteiger charge is -2.24. The second-order valence-corrected chi connectivity index (χ2v) is 5.06. The fraction of sp³-hybridized carbons (Fsp3) is 0.278. The number of carbonyl (C=O) groups is 1. The van der Waals surface area contributed by atoms with Crippen molar-refractivity contribution in [3.05, 3.63) is 60.2 Å². The van der Waals surface area contributed by atoms with Crippen molar-refractivity contribution in [2.75, 3.05) is 11.9 Å². The lowest BCUT2D eigenvalue weighted by Crippen LogP contribution is -2.39. The largest absolute Gasteiger partial charge is 0.481 e. The summed E-state index contributed by atoms with van der Waals surface area (Å²) >= 11 is 0. The van der Waals surface area contributed by atoms with E-state index in [9.17, 15) is 4.79 Å². The quantitative estimate of drug-likeness (QED) is 0.835. The standard InChI is InChI=1S/C18H21NO2/c1-4-17(21-16-12-8-9-14(2)13-16)18(20)19(3)15-10-6-5-7-11-15/h5-13,17H,4H2,1-3H3/t17-/m1/s1. The van der Waals surface area contributed by atoms with Gasteiger partial charge in [0.05, 0.1) is 0 Å². The summed E-state index contributed by atoms with van der Waals surface area (Å²) in [5, 5.41) is 0. The van der Waals surface area contributed by atoms with E-state index < -0.39 is 6.10 Å². The third-order valence-corrected chi connectivity index (χ3v) is 3.39. The van der Waals surface area contributed by atoms with Gasteiger partial charge in [0.2, 0.25) is 0 Å².